The van der Waals surface area contributed by atoms with Crippen molar-refractivity contribution >= 4 is 30.6 Å². The number of benzene rings is 3. The van der Waals surface area contributed by atoms with Gasteiger partial charge in [0.1, 0.15) is 0 Å². The number of anilines is 3. The van der Waals surface area contributed by atoms with Crippen LogP contribution in [0.25, 0.3) is 0 Å². The van der Waals surface area contributed by atoms with Gasteiger partial charge in [0.15, 0.2) is 0 Å². The van der Waals surface area contributed by atoms with Gasteiger partial charge in [-0.05, 0) is 52.7 Å². The lowest BCUT2D eigenvalue weighted by molar-refractivity contribution is 0.513. The van der Waals surface area contributed by atoms with Crippen LogP contribution in [0, 0.1) is 0 Å². The quantitative estimate of drug-likeness (QED) is 0.525. The molecule has 3 rings (SSSR count). The summed E-state index contributed by atoms with van der Waals surface area (Å²) in [7, 11) is -2.59. The first-order valence-corrected chi connectivity index (χ1v) is 11.8. The van der Waals surface area contributed by atoms with Crippen molar-refractivity contribution in [1.82, 2.24) is 0 Å². The topological polar surface area (TPSA) is 23.5 Å². The van der Waals surface area contributed by atoms with E-state index in [1.54, 1.807) is 0 Å². The van der Waals surface area contributed by atoms with E-state index in [1.807, 2.05) is 12.1 Å². The summed E-state index contributed by atoms with van der Waals surface area (Å²) in [5.41, 5.74) is 3.82. The number of nitrogens with zero attached hydrogens (tertiary/aromatic N) is 1. The summed E-state index contributed by atoms with van der Waals surface area (Å²) in [6.45, 7) is 8.58. The minimum atomic E-state index is -2.59. The monoisotopic (exact) mass is 375 g/mol. The van der Waals surface area contributed by atoms with Crippen LogP contribution in [-0.4, -0.2) is 13.1 Å². The summed E-state index contributed by atoms with van der Waals surface area (Å²) in [6.07, 6.45) is 0. The second kappa shape index (κ2) is 8.11. The highest BCUT2D eigenvalue weighted by atomic mass is 28.4. The fraction of sp³-hybridized carbons (Fsp3) is 0.250. The average molecular weight is 376 g/mol. The number of rotatable bonds is 6. The van der Waals surface area contributed by atoms with Gasteiger partial charge in [-0.25, -0.2) is 0 Å². The van der Waals surface area contributed by atoms with Crippen LogP contribution in [0.15, 0.2) is 84.9 Å². The van der Waals surface area contributed by atoms with E-state index in [9.17, 15) is 4.80 Å². The Hall–Kier alpha value is -2.36. The molecule has 27 heavy (non-hydrogen) atoms. The normalized spacial score (nSPS) is 11.8. The highest BCUT2D eigenvalue weighted by Crippen LogP contribution is 2.35. The van der Waals surface area contributed by atoms with Crippen molar-refractivity contribution in [2.24, 2.45) is 0 Å². The molecule has 0 saturated carbocycles. The molecule has 1 N–H and O–H groups in total. The standard InChI is InChI=1S/C24H29NOSi/c1-19(2)27(26,20(3)4)24-17-11-16-23(18-24)25(21-12-7-5-8-13-21)22-14-9-6-10-15-22/h5-20,26H,1-4H3. The Morgan fingerprint density at radius 2 is 1.07 bits per heavy atom. The van der Waals surface area contributed by atoms with Crippen LogP contribution >= 0.6 is 0 Å². The summed E-state index contributed by atoms with van der Waals surface area (Å²) >= 11 is 0. The molecule has 2 nitrogen and oxygen atoms in total. The number of para-hydroxylation sites is 2. The predicted molar refractivity (Wildman–Crippen MR) is 119 cm³/mol. The third-order valence-electron chi connectivity index (χ3n) is 5.36. The van der Waals surface area contributed by atoms with E-state index < -0.39 is 8.32 Å². The molecule has 0 aliphatic carbocycles. The van der Waals surface area contributed by atoms with E-state index in [0.29, 0.717) is 0 Å². The summed E-state index contributed by atoms with van der Waals surface area (Å²) in [5, 5.41) is 1.10. The molecule has 0 fully saturated rings. The van der Waals surface area contributed by atoms with Crippen LogP contribution in [0.4, 0.5) is 17.1 Å². The molecule has 0 aliphatic heterocycles. The lowest BCUT2D eigenvalue weighted by atomic mass is 10.2. The molecule has 0 atom stereocenters. The molecule has 140 valence electrons. The van der Waals surface area contributed by atoms with E-state index in [2.05, 4.69) is 105 Å². The van der Waals surface area contributed by atoms with Crippen LogP contribution in [0.5, 0.6) is 0 Å². The summed E-state index contributed by atoms with van der Waals surface area (Å²) < 4.78 is 0. The van der Waals surface area contributed by atoms with Crippen molar-refractivity contribution in [3.8, 4) is 0 Å². The highest BCUT2D eigenvalue weighted by molar-refractivity contribution is 6.87. The molecule has 0 saturated heterocycles. The molecule has 0 unspecified atom stereocenters. The summed E-state index contributed by atoms with van der Waals surface area (Å²) in [5.74, 6) is 0. The Balaban J connectivity index is 2.15. The van der Waals surface area contributed by atoms with Crippen molar-refractivity contribution in [2.75, 3.05) is 4.90 Å². The smallest absolute Gasteiger partial charge is 0.225 e. The van der Waals surface area contributed by atoms with Crippen molar-refractivity contribution in [3.05, 3.63) is 84.9 Å². The number of hydrogen-bond acceptors (Lipinski definition) is 2. The minimum absolute atomic E-state index is 0.259. The minimum Gasteiger partial charge on any atom is -0.427 e. The zero-order valence-electron chi connectivity index (χ0n) is 16.6. The first-order valence-electron chi connectivity index (χ1n) is 9.67. The van der Waals surface area contributed by atoms with Gasteiger partial charge in [-0.1, -0.05) is 76.2 Å². The zero-order valence-corrected chi connectivity index (χ0v) is 17.6. The Bertz CT molecular complexity index is 814. The molecule has 0 amide bonds. The van der Waals surface area contributed by atoms with Gasteiger partial charge in [-0.15, -0.1) is 0 Å². The van der Waals surface area contributed by atoms with Gasteiger partial charge < -0.3 is 9.70 Å². The molecule has 0 aromatic heterocycles. The zero-order chi connectivity index (χ0) is 19.4. The second-order valence-corrected chi connectivity index (χ2v) is 12.2. The van der Waals surface area contributed by atoms with Crippen molar-refractivity contribution in [2.45, 2.75) is 38.8 Å². The molecule has 3 aromatic carbocycles. The first-order chi connectivity index (χ1) is 12.9. The molecule has 0 heterocycles. The van der Waals surface area contributed by atoms with Crippen molar-refractivity contribution in [3.63, 3.8) is 0 Å². The van der Waals surface area contributed by atoms with Crippen molar-refractivity contribution < 1.29 is 4.80 Å². The molecular formula is C24H29NOSi. The summed E-state index contributed by atoms with van der Waals surface area (Å²) in [4.78, 5) is 13.9. The van der Waals surface area contributed by atoms with Crippen molar-refractivity contribution in [1.29, 1.82) is 0 Å². The van der Waals surface area contributed by atoms with Crippen LogP contribution in [0.1, 0.15) is 27.7 Å². The van der Waals surface area contributed by atoms with E-state index in [0.717, 1.165) is 22.2 Å². The molecule has 3 heteroatoms. The first kappa shape index (κ1) is 19.4. The van der Waals surface area contributed by atoms with Crippen LogP contribution in [0.3, 0.4) is 0 Å². The largest absolute Gasteiger partial charge is 0.427 e. The maximum Gasteiger partial charge on any atom is 0.225 e. The third kappa shape index (κ3) is 3.85. The Kier molecular flexibility index (Phi) is 5.83. The van der Waals surface area contributed by atoms with Gasteiger partial charge in [-0.3, -0.25) is 0 Å². The van der Waals surface area contributed by atoms with Gasteiger partial charge in [0.2, 0.25) is 8.32 Å². The lowest BCUT2D eigenvalue weighted by Crippen LogP contribution is -2.53. The molecular weight excluding hydrogens is 346 g/mol. The lowest BCUT2D eigenvalue weighted by Gasteiger charge is -2.35. The maximum absolute atomic E-state index is 11.6. The Morgan fingerprint density at radius 1 is 0.630 bits per heavy atom. The average Bonchev–Trinajstić information content (AvgIpc) is 2.69. The molecule has 0 radical (unpaired) electrons. The number of hydrogen-bond donors (Lipinski definition) is 1. The van der Waals surface area contributed by atoms with E-state index in [4.69, 9.17) is 0 Å². The Morgan fingerprint density at radius 3 is 1.52 bits per heavy atom. The Labute approximate surface area is 164 Å². The molecule has 0 aliphatic rings. The molecule has 0 spiro atoms. The van der Waals surface area contributed by atoms with Crippen LogP contribution in [0.2, 0.25) is 11.1 Å². The maximum atomic E-state index is 11.6. The van der Waals surface area contributed by atoms with Gasteiger partial charge in [0, 0.05) is 17.1 Å². The van der Waals surface area contributed by atoms with Crippen LogP contribution in [-0.2, 0) is 0 Å². The van der Waals surface area contributed by atoms with Gasteiger partial charge in [0.05, 0.1) is 0 Å². The SMILES string of the molecule is CC(C)[Si](O)(c1cccc(N(c2ccccc2)c2ccccc2)c1)C(C)C. The van der Waals surface area contributed by atoms with Gasteiger partial charge in [0.25, 0.3) is 0 Å². The fourth-order valence-electron chi connectivity index (χ4n) is 3.83. The predicted octanol–water partition coefficient (Wildman–Crippen LogP) is 6.12. The van der Waals surface area contributed by atoms with Crippen LogP contribution < -0.4 is 10.1 Å². The van der Waals surface area contributed by atoms with E-state index in [1.165, 1.54) is 0 Å². The van der Waals surface area contributed by atoms with Gasteiger partial charge >= 0.3 is 0 Å². The molecule has 3 aromatic rings. The third-order valence-corrected chi connectivity index (χ3v) is 10.1. The van der Waals surface area contributed by atoms with E-state index in [-0.39, 0.29) is 11.1 Å². The fourth-order valence-corrected chi connectivity index (χ4v) is 7.24. The van der Waals surface area contributed by atoms with E-state index >= 15 is 0 Å². The van der Waals surface area contributed by atoms with Gasteiger partial charge in [-0.2, -0.15) is 0 Å². The molecule has 0 bridgehead atoms. The highest BCUT2D eigenvalue weighted by Gasteiger charge is 2.40. The second-order valence-electron chi connectivity index (χ2n) is 7.69. The summed E-state index contributed by atoms with van der Waals surface area (Å²) in [6, 6.07) is 29.3.